The first-order valence-corrected chi connectivity index (χ1v) is 26.7. The normalized spacial score (nSPS) is 12.5. The van der Waals surface area contributed by atoms with Crippen molar-refractivity contribution in [3.05, 3.63) is 254 Å². The number of hydrogen-bond acceptors (Lipinski definition) is 10. The van der Waals surface area contributed by atoms with Gasteiger partial charge in [-0.25, -0.2) is 45.7 Å². The van der Waals surface area contributed by atoms with Gasteiger partial charge in [-0.3, -0.25) is 9.78 Å². The zero-order valence-electron chi connectivity index (χ0n) is 46.5. The van der Waals surface area contributed by atoms with Gasteiger partial charge >= 0.3 is 30.3 Å². The molecule has 7 N–H and O–H groups in total. The Morgan fingerprint density at radius 1 is 0.618 bits per heavy atom. The van der Waals surface area contributed by atoms with Crippen molar-refractivity contribution in [1.29, 1.82) is 0 Å². The Labute approximate surface area is 507 Å². The standard InChI is InChI=1S/C31H24F5N5O3.C15H10F5NO2.C8H5BrF2O2.C8H11N/c1-17(18-6-3-2-4-7-18)39-19-14-23(32)26(24(33)15-19)29(42)40-25(30(43)44)16-20-9-10-21(28-38-12-13-41(20)28)27-22(31(34,35)36)8-5-11-37-27;16-10-6-9(7-11(17)12(10)14(22)23)21-13(15(18,19)20)8-4-2-1-3-5-8;1-13-8(12)7-5(10)2-4(9)3-6(7)11;1-7(9)8-5-3-2-4-6-8/h2-15,17,25,39H,16H2,1H3,(H,40,42)(H,43,44);1-7,13,21H,(H,22,23);2-3H,1H3;2-7H,9H2,1H3/t17-,25-;13-;;7-/m01.0/s1. The van der Waals surface area contributed by atoms with Crippen LogP contribution < -0.4 is 21.7 Å². The summed E-state index contributed by atoms with van der Waals surface area (Å²) in [6.45, 7) is 3.77. The van der Waals surface area contributed by atoms with E-state index in [-0.39, 0.29) is 56.8 Å². The molecule has 9 rings (SSSR count). The lowest BCUT2D eigenvalue weighted by molar-refractivity contribution is -0.144. The van der Waals surface area contributed by atoms with Gasteiger partial charge in [-0.05, 0) is 91.2 Å². The lowest BCUT2D eigenvalue weighted by Gasteiger charge is -2.23. The number of carboxylic acid groups (broad SMARTS) is 2. The summed E-state index contributed by atoms with van der Waals surface area (Å²) in [5.41, 5.74) is 3.22. The molecule has 1 amide bonds. The molecule has 14 nitrogen and oxygen atoms in total. The van der Waals surface area contributed by atoms with E-state index in [4.69, 9.17) is 10.8 Å². The molecule has 6 aromatic carbocycles. The van der Waals surface area contributed by atoms with Crippen LogP contribution in [0.25, 0.3) is 16.9 Å². The summed E-state index contributed by atoms with van der Waals surface area (Å²) in [6.07, 6.45) is -5.87. The van der Waals surface area contributed by atoms with Crippen LogP contribution >= 0.6 is 15.9 Å². The number of imidazole rings is 1. The molecule has 466 valence electrons. The molecule has 27 heteroatoms. The molecule has 0 radical (unpaired) electrons. The number of anilines is 2. The Hall–Kier alpha value is -9.76. The highest BCUT2D eigenvalue weighted by atomic mass is 79.9. The Morgan fingerprint density at radius 3 is 1.58 bits per heavy atom. The number of rotatable bonds is 15. The van der Waals surface area contributed by atoms with Crippen molar-refractivity contribution in [2.75, 3.05) is 17.7 Å². The highest BCUT2D eigenvalue weighted by molar-refractivity contribution is 9.10. The van der Waals surface area contributed by atoms with Crippen molar-refractivity contribution in [1.82, 2.24) is 19.7 Å². The topological polar surface area (TPSA) is 210 Å². The van der Waals surface area contributed by atoms with E-state index in [0.717, 1.165) is 49.1 Å². The second-order valence-corrected chi connectivity index (χ2v) is 19.9. The summed E-state index contributed by atoms with van der Waals surface area (Å²) in [7, 11) is 1.06. The number of carbonyl (C=O) groups excluding carboxylic acids is 2. The predicted molar refractivity (Wildman–Crippen MR) is 307 cm³/mol. The number of aliphatic carboxylic acids is 1. The van der Waals surface area contributed by atoms with Gasteiger partial charge in [-0.1, -0.05) is 107 Å². The molecule has 3 aromatic heterocycles. The van der Waals surface area contributed by atoms with E-state index in [9.17, 15) is 77.0 Å². The molecule has 9 aromatic rings. The average molecular weight is 1310 g/mol. The Balaban J connectivity index is 0.000000230. The first-order valence-electron chi connectivity index (χ1n) is 26.0. The number of carboxylic acids is 2. The number of pyridine rings is 2. The number of amides is 1. The quantitative estimate of drug-likeness (QED) is 0.0418. The molecule has 0 bridgehead atoms. The van der Waals surface area contributed by atoms with Gasteiger partial charge in [0.15, 0.2) is 0 Å². The number of fused-ring (bicyclic) bond motifs is 1. The molecule has 0 saturated carbocycles. The maximum Gasteiger partial charge on any atom is 0.418 e. The van der Waals surface area contributed by atoms with Crippen LogP contribution in [-0.2, 0) is 22.1 Å². The number of ether oxygens (including phenoxy) is 1. The van der Waals surface area contributed by atoms with Crippen molar-refractivity contribution in [3.63, 3.8) is 0 Å². The van der Waals surface area contributed by atoms with Crippen molar-refractivity contribution < 1.29 is 86.8 Å². The lowest BCUT2D eigenvalue weighted by Crippen LogP contribution is -2.43. The van der Waals surface area contributed by atoms with Crippen LogP contribution in [0.2, 0.25) is 0 Å². The number of benzene rings is 6. The fourth-order valence-corrected chi connectivity index (χ4v) is 8.88. The molecular formula is C62H50BrF12N7O7. The monoisotopic (exact) mass is 1310 g/mol. The van der Waals surface area contributed by atoms with Crippen LogP contribution in [0.5, 0.6) is 0 Å². The third-order valence-electron chi connectivity index (χ3n) is 12.7. The maximum atomic E-state index is 15.0. The van der Waals surface area contributed by atoms with Crippen LogP contribution in [0.4, 0.5) is 64.1 Å². The number of methoxy groups -OCH3 is 1. The van der Waals surface area contributed by atoms with Gasteiger partial charge in [-0.15, -0.1) is 0 Å². The van der Waals surface area contributed by atoms with Gasteiger partial charge in [-0.2, -0.15) is 26.3 Å². The molecule has 0 aliphatic heterocycles. The zero-order valence-corrected chi connectivity index (χ0v) is 48.0. The highest BCUT2D eigenvalue weighted by Crippen LogP contribution is 2.38. The van der Waals surface area contributed by atoms with E-state index in [1.165, 1.54) is 71.0 Å². The summed E-state index contributed by atoms with van der Waals surface area (Å²) < 4.78 is 169. The molecule has 3 heterocycles. The van der Waals surface area contributed by atoms with E-state index in [1.807, 2.05) is 72.9 Å². The number of nitrogens with zero attached hydrogens (tertiary/aromatic N) is 3. The number of carbonyl (C=O) groups is 4. The fraction of sp³-hybridized carbons (Fsp3) is 0.161. The van der Waals surface area contributed by atoms with E-state index >= 15 is 0 Å². The third-order valence-corrected chi connectivity index (χ3v) is 13.2. The van der Waals surface area contributed by atoms with E-state index in [2.05, 4.69) is 41.3 Å². The maximum absolute atomic E-state index is 15.0. The van der Waals surface area contributed by atoms with Gasteiger partial charge in [0.25, 0.3) is 5.91 Å². The minimum atomic E-state index is -4.72. The van der Waals surface area contributed by atoms with Gasteiger partial charge in [0.2, 0.25) is 0 Å². The second kappa shape index (κ2) is 30.2. The molecule has 89 heavy (non-hydrogen) atoms. The highest BCUT2D eigenvalue weighted by Gasteiger charge is 2.41. The van der Waals surface area contributed by atoms with Crippen LogP contribution in [0.1, 0.15) is 91.0 Å². The van der Waals surface area contributed by atoms with E-state index in [1.54, 1.807) is 6.92 Å². The second-order valence-electron chi connectivity index (χ2n) is 19.0. The number of aromatic carboxylic acids is 1. The number of nitrogens with one attached hydrogen (secondary N) is 3. The van der Waals surface area contributed by atoms with Gasteiger partial charge in [0.1, 0.15) is 69.3 Å². The SMILES string of the molecule is COC(=O)c1c(F)cc(Br)cc1F.C[C@H](N)c1ccccc1.C[C@H](Nc1cc(F)c(C(=O)N[C@@H](Cc2ccc(-c3ncccc3C(F)(F)F)c3nccn23)C(=O)O)c(F)c1)c1ccccc1.O=C(O)c1c(F)cc(N[C@H](c2ccccc2)C(F)(F)F)cc1F. The zero-order chi connectivity index (χ0) is 65.5. The Bertz CT molecular complexity index is 3870. The fourth-order valence-electron chi connectivity index (χ4n) is 8.48. The summed E-state index contributed by atoms with van der Waals surface area (Å²) in [5, 5.41) is 25.6. The summed E-state index contributed by atoms with van der Waals surface area (Å²) in [4.78, 5) is 54.6. The number of aromatic nitrogens is 3. The van der Waals surface area contributed by atoms with Gasteiger partial charge < -0.3 is 41.0 Å². The molecule has 0 aliphatic carbocycles. The number of halogens is 13. The first kappa shape index (κ1) is 68.4. The number of hydrogen-bond donors (Lipinski definition) is 6. The minimum Gasteiger partial charge on any atom is -0.480 e. The molecule has 0 fully saturated rings. The van der Waals surface area contributed by atoms with Crippen LogP contribution in [0, 0.1) is 34.9 Å². The lowest BCUT2D eigenvalue weighted by atomic mass is 10.0. The first-order chi connectivity index (χ1) is 42.0. The summed E-state index contributed by atoms with van der Waals surface area (Å²) >= 11 is 2.89. The van der Waals surface area contributed by atoms with Crippen LogP contribution in [0.3, 0.4) is 0 Å². The van der Waals surface area contributed by atoms with Crippen LogP contribution in [0.15, 0.2) is 175 Å². The van der Waals surface area contributed by atoms with Gasteiger partial charge in [0, 0.05) is 64.2 Å². The number of esters is 1. The predicted octanol–water partition coefficient (Wildman–Crippen LogP) is 14.9. The van der Waals surface area contributed by atoms with Crippen LogP contribution in [-0.4, -0.2) is 67.7 Å². The van der Waals surface area contributed by atoms with E-state index in [0.29, 0.717) is 12.1 Å². The van der Waals surface area contributed by atoms with E-state index < -0.39 is 111 Å². The van der Waals surface area contributed by atoms with Crippen molar-refractivity contribution in [3.8, 4) is 11.3 Å². The number of alkyl halides is 6. The molecule has 0 unspecified atom stereocenters. The average Bonchev–Trinajstić information content (AvgIpc) is 3.47. The molecular weight excluding hydrogens is 1260 g/mol. The molecule has 0 spiro atoms. The molecule has 0 saturated heterocycles. The largest absolute Gasteiger partial charge is 0.480 e. The minimum absolute atomic E-state index is 0.0435. The Kier molecular flexibility index (Phi) is 23.2. The third kappa shape index (κ3) is 18.2. The molecule has 4 atom stereocenters. The smallest absolute Gasteiger partial charge is 0.418 e. The summed E-state index contributed by atoms with van der Waals surface area (Å²) in [5.74, 6) is -12.9. The Morgan fingerprint density at radius 2 is 1.11 bits per heavy atom. The number of nitrogens with two attached hydrogens (primary N) is 1. The molecule has 0 aliphatic rings. The van der Waals surface area contributed by atoms with Gasteiger partial charge in [0.05, 0.1) is 18.4 Å². The van der Waals surface area contributed by atoms with Crippen molar-refractivity contribution in [2.24, 2.45) is 5.73 Å². The summed E-state index contributed by atoms with van der Waals surface area (Å²) in [6, 6.07) is 31.5. The van der Waals surface area contributed by atoms with Crippen molar-refractivity contribution >= 4 is 56.8 Å². The van der Waals surface area contributed by atoms with Crippen molar-refractivity contribution in [2.45, 2.75) is 56.8 Å².